The van der Waals surface area contributed by atoms with Crippen molar-refractivity contribution in [2.75, 3.05) is 35.4 Å². The predicted molar refractivity (Wildman–Crippen MR) is 138 cm³/mol. The minimum absolute atomic E-state index is 0.768. The van der Waals surface area contributed by atoms with Gasteiger partial charge >= 0.3 is 0 Å². The van der Waals surface area contributed by atoms with E-state index in [-0.39, 0.29) is 0 Å². The molecule has 1 heterocycles. The third kappa shape index (κ3) is 3.28. The number of benzene rings is 4. The zero-order chi connectivity index (χ0) is 22.4. The standard InChI is InChI=1S/C27H27N5/c1-30(20-8-4-18(28)5-9-20)22-12-14-26-24(16-22)25-17-23(13-15-27(25)32(26)3)31(2)21-10-6-19(29)7-11-21/h4-17H,28-29H2,1-3H3. The number of fused-ring (bicyclic) bond motifs is 3. The molecule has 5 rings (SSSR count). The topological polar surface area (TPSA) is 63.4 Å². The molecule has 1 aromatic heterocycles. The van der Waals surface area contributed by atoms with E-state index in [0.717, 1.165) is 34.1 Å². The largest absolute Gasteiger partial charge is 0.399 e. The number of anilines is 6. The summed E-state index contributed by atoms with van der Waals surface area (Å²) in [5.41, 5.74) is 20.1. The van der Waals surface area contributed by atoms with Crippen LogP contribution in [-0.4, -0.2) is 18.7 Å². The summed E-state index contributed by atoms with van der Waals surface area (Å²) in [5, 5.41) is 2.46. The SMILES string of the molecule is CN(c1ccc(N)cc1)c1ccc2c(c1)c1cc(N(C)c3ccc(N)cc3)ccc1n2C. The van der Waals surface area contributed by atoms with Crippen LogP contribution < -0.4 is 21.3 Å². The van der Waals surface area contributed by atoms with Crippen molar-refractivity contribution < 1.29 is 0 Å². The second-order valence-electron chi connectivity index (χ2n) is 8.26. The van der Waals surface area contributed by atoms with Crippen LogP contribution in [0.3, 0.4) is 0 Å². The number of nitrogens with two attached hydrogens (primary N) is 2. The van der Waals surface area contributed by atoms with Gasteiger partial charge < -0.3 is 25.8 Å². The minimum Gasteiger partial charge on any atom is -0.399 e. The lowest BCUT2D eigenvalue weighted by atomic mass is 10.1. The molecular formula is C27H27N5. The van der Waals surface area contributed by atoms with Gasteiger partial charge in [0.2, 0.25) is 0 Å². The van der Waals surface area contributed by atoms with Crippen molar-refractivity contribution in [3.63, 3.8) is 0 Å². The van der Waals surface area contributed by atoms with Crippen LogP contribution in [0.25, 0.3) is 21.8 Å². The molecule has 0 bridgehead atoms. The molecule has 5 aromatic rings. The van der Waals surface area contributed by atoms with E-state index in [4.69, 9.17) is 11.5 Å². The van der Waals surface area contributed by atoms with Crippen LogP contribution in [-0.2, 0) is 7.05 Å². The molecule has 0 amide bonds. The highest BCUT2D eigenvalue weighted by Gasteiger charge is 2.13. The van der Waals surface area contributed by atoms with E-state index in [2.05, 4.69) is 71.9 Å². The van der Waals surface area contributed by atoms with Gasteiger partial charge in [0, 0.05) is 77.1 Å². The van der Waals surface area contributed by atoms with E-state index in [1.165, 1.54) is 21.8 Å². The molecule has 0 saturated carbocycles. The van der Waals surface area contributed by atoms with Crippen molar-refractivity contribution in [1.82, 2.24) is 4.57 Å². The van der Waals surface area contributed by atoms with E-state index in [0.29, 0.717) is 0 Å². The molecule has 5 nitrogen and oxygen atoms in total. The first-order chi connectivity index (χ1) is 15.4. The maximum Gasteiger partial charge on any atom is 0.0490 e. The first kappa shape index (κ1) is 19.8. The Bertz CT molecular complexity index is 1310. The molecule has 5 heteroatoms. The molecule has 0 fully saturated rings. The van der Waals surface area contributed by atoms with Crippen LogP contribution in [0, 0.1) is 0 Å². The van der Waals surface area contributed by atoms with E-state index < -0.39 is 0 Å². The molecule has 0 atom stereocenters. The molecule has 0 radical (unpaired) electrons. The summed E-state index contributed by atoms with van der Waals surface area (Å²) >= 11 is 0. The Morgan fingerprint density at radius 3 is 1.25 bits per heavy atom. The van der Waals surface area contributed by atoms with E-state index in [9.17, 15) is 0 Å². The Balaban J connectivity index is 1.61. The molecule has 0 aliphatic heterocycles. The maximum absolute atomic E-state index is 5.86. The number of nitrogens with zero attached hydrogens (tertiary/aromatic N) is 3. The van der Waals surface area contributed by atoms with Crippen molar-refractivity contribution in [1.29, 1.82) is 0 Å². The molecule has 0 aliphatic rings. The van der Waals surface area contributed by atoms with Crippen LogP contribution in [0.4, 0.5) is 34.1 Å². The number of nitrogen functional groups attached to an aromatic ring is 2. The molecule has 4 N–H and O–H groups in total. The number of aryl methyl sites for hydroxylation is 1. The van der Waals surface area contributed by atoms with Gasteiger partial charge in [0.25, 0.3) is 0 Å². The first-order valence-electron chi connectivity index (χ1n) is 10.6. The van der Waals surface area contributed by atoms with Gasteiger partial charge in [-0.2, -0.15) is 0 Å². The lowest BCUT2D eigenvalue weighted by Crippen LogP contribution is -2.09. The van der Waals surface area contributed by atoms with Crippen LogP contribution in [0.1, 0.15) is 0 Å². The molecule has 4 aromatic carbocycles. The molecule has 0 aliphatic carbocycles. The average molecular weight is 422 g/mol. The second-order valence-corrected chi connectivity index (χ2v) is 8.26. The Labute approximate surface area is 188 Å². The normalized spacial score (nSPS) is 11.2. The first-order valence-corrected chi connectivity index (χ1v) is 10.6. The zero-order valence-corrected chi connectivity index (χ0v) is 18.6. The van der Waals surface area contributed by atoms with Gasteiger partial charge in [-0.3, -0.25) is 0 Å². The highest BCUT2D eigenvalue weighted by molar-refractivity contribution is 6.10. The lowest BCUT2D eigenvalue weighted by Gasteiger charge is -2.20. The average Bonchev–Trinajstić information content (AvgIpc) is 3.10. The van der Waals surface area contributed by atoms with Crippen molar-refractivity contribution in [2.45, 2.75) is 0 Å². The molecule has 0 spiro atoms. The van der Waals surface area contributed by atoms with Crippen molar-refractivity contribution in [3.05, 3.63) is 84.9 Å². The molecule has 0 saturated heterocycles. The summed E-state index contributed by atoms with van der Waals surface area (Å²) in [6.45, 7) is 0. The minimum atomic E-state index is 0.768. The van der Waals surface area contributed by atoms with Gasteiger partial charge in [-0.05, 0) is 84.9 Å². The summed E-state index contributed by atoms with van der Waals surface area (Å²) in [7, 11) is 6.29. The van der Waals surface area contributed by atoms with E-state index in [1.54, 1.807) is 0 Å². The fourth-order valence-corrected chi connectivity index (χ4v) is 4.31. The lowest BCUT2D eigenvalue weighted by molar-refractivity contribution is 1.01. The van der Waals surface area contributed by atoms with Crippen LogP contribution in [0.15, 0.2) is 84.9 Å². The van der Waals surface area contributed by atoms with Crippen LogP contribution in [0.5, 0.6) is 0 Å². The maximum atomic E-state index is 5.86. The molecule has 32 heavy (non-hydrogen) atoms. The number of hydrogen-bond donors (Lipinski definition) is 2. The fraction of sp³-hybridized carbons (Fsp3) is 0.111. The number of rotatable bonds is 4. The van der Waals surface area contributed by atoms with E-state index >= 15 is 0 Å². The number of aromatic nitrogens is 1. The zero-order valence-electron chi connectivity index (χ0n) is 18.6. The van der Waals surface area contributed by atoms with Crippen molar-refractivity contribution in [2.24, 2.45) is 7.05 Å². The third-order valence-electron chi connectivity index (χ3n) is 6.31. The molecule has 160 valence electrons. The highest BCUT2D eigenvalue weighted by atomic mass is 15.1. The van der Waals surface area contributed by atoms with Gasteiger partial charge in [-0.1, -0.05) is 0 Å². The monoisotopic (exact) mass is 421 g/mol. The quantitative estimate of drug-likeness (QED) is 0.348. The van der Waals surface area contributed by atoms with Crippen molar-refractivity contribution >= 4 is 55.9 Å². The Kier molecular flexibility index (Phi) is 4.67. The summed E-state index contributed by atoms with van der Waals surface area (Å²) in [6, 6.07) is 29.2. The highest BCUT2D eigenvalue weighted by Crippen LogP contribution is 2.36. The summed E-state index contributed by atoms with van der Waals surface area (Å²) in [5.74, 6) is 0. The fourth-order valence-electron chi connectivity index (χ4n) is 4.31. The van der Waals surface area contributed by atoms with Gasteiger partial charge in [0.05, 0.1) is 0 Å². The summed E-state index contributed by atoms with van der Waals surface area (Å²) < 4.78 is 2.25. The summed E-state index contributed by atoms with van der Waals surface area (Å²) in [6.07, 6.45) is 0. The van der Waals surface area contributed by atoms with Gasteiger partial charge in [-0.25, -0.2) is 0 Å². The van der Waals surface area contributed by atoms with E-state index in [1.807, 2.05) is 48.5 Å². The van der Waals surface area contributed by atoms with Gasteiger partial charge in [-0.15, -0.1) is 0 Å². The van der Waals surface area contributed by atoms with Crippen LogP contribution >= 0.6 is 0 Å². The summed E-state index contributed by atoms with van der Waals surface area (Å²) in [4.78, 5) is 4.37. The van der Waals surface area contributed by atoms with Crippen LogP contribution in [0.2, 0.25) is 0 Å². The molecular weight excluding hydrogens is 394 g/mol. The van der Waals surface area contributed by atoms with Gasteiger partial charge in [0.1, 0.15) is 0 Å². The smallest absolute Gasteiger partial charge is 0.0490 e. The Morgan fingerprint density at radius 1 is 0.531 bits per heavy atom. The van der Waals surface area contributed by atoms with Crippen molar-refractivity contribution in [3.8, 4) is 0 Å². The Hall–Kier alpha value is -4.12. The van der Waals surface area contributed by atoms with Gasteiger partial charge in [0.15, 0.2) is 0 Å². The number of hydrogen-bond acceptors (Lipinski definition) is 4. The second kappa shape index (κ2) is 7.54. The third-order valence-corrected chi connectivity index (χ3v) is 6.31. The Morgan fingerprint density at radius 2 is 0.875 bits per heavy atom. The molecule has 0 unspecified atom stereocenters. The predicted octanol–water partition coefficient (Wildman–Crippen LogP) is 6.03.